The summed E-state index contributed by atoms with van der Waals surface area (Å²) in [5, 5.41) is 14.6. The molecular weight excluding hydrogens is 298 g/mol. The molecule has 118 valence electrons. The molecule has 2 heterocycles. The van der Waals surface area contributed by atoms with Crippen molar-refractivity contribution in [1.82, 2.24) is 19.6 Å². The molecule has 0 aliphatic rings. The average molecular weight is 313 g/mol. The number of hydrogen-bond donors (Lipinski definition) is 3. The van der Waals surface area contributed by atoms with Crippen molar-refractivity contribution >= 4 is 17.4 Å². The number of nitrogens with one attached hydrogen (secondary N) is 2. The largest absolute Gasteiger partial charge is 0.508 e. The molecule has 0 fully saturated rings. The molecule has 0 saturated heterocycles. The smallest absolute Gasteiger partial charge is 0.277 e. The van der Waals surface area contributed by atoms with Gasteiger partial charge in [-0.1, -0.05) is 0 Å². The van der Waals surface area contributed by atoms with Gasteiger partial charge in [0.15, 0.2) is 0 Å². The Labute approximate surface area is 130 Å². The molecule has 3 aromatic rings. The number of fused-ring (bicyclic) bond motifs is 1. The van der Waals surface area contributed by atoms with Gasteiger partial charge in [-0.05, 0) is 37.6 Å². The highest BCUT2D eigenvalue weighted by Crippen LogP contribution is 2.14. The summed E-state index contributed by atoms with van der Waals surface area (Å²) in [6, 6.07) is 6.18. The van der Waals surface area contributed by atoms with Gasteiger partial charge in [0.2, 0.25) is 5.91 Å². The maximum absolute atomic E-state index is 12.3. The van der Waals surface area contributed by atoms with Crippen LogP contribution < -0.4 is 10.9 Å². The van der Waals surface area contributed by atoms with Gasteiger partial charge in [-0.2, -0.15) is 4.52 Å². The van der Waals surface area contributed by atoms with Gasteiger partial charge in [-0.15, -0.1) is 0 Å². The number of aryl methyl sites for hydroxylation is 1. The highest BCUT2D eigenvalue weighted by molar-refractivity contribution is 5.90. The van der Waals surface area contributed by atoms with E-state index in [9.17, 15) is 14.7 Å². The quantitative estimate of drug-likeness (QED) is 0.622. The summed E-state index contributed by atoms with van der Waals surface area (Å²) in [7, 11) is 0. The summed E-state index contributed by atoms with van der Waals surface area (Å²) in [6.45, 7) is 1.73. The molecular formula is C15H15N5O3. The lowest BCUT2D eigenvalue weighted by Crippen LogP contribution is -2.23. The molecule has 0 unspecified atom stereocenters. The highest BCUT2D eigenvalue weighted by Gasteiger charge is 2.13. The second-order valence-corrected chi connectivity index (χ2v) is 5.10. The van der Waals surface area contributed by atoms with Crippen LogP contribution in [-0.4, -0.2) is 30.6 Å². The van der Waals surface area contributed by atoms with E-state index in [4.69, 9.17) is 0 Å². The van der Waals surface area contributed by atoms with Crippen LogP contribution in [0.15, 0.2) is 35.4 Å². The van der Waals surface area contributed by atoms with Gasteiger partial charge in [-0.25, -0.2) is 9.97 Å². The molecule has 0 aliphatic carbocycles. The van der Waals surface area contributed by atoms with Crippen LogP contribution in [-0.2, 0) is 11.2 Å². The molecule has 0 spiro atoms. The monoisotopic (exact) mass is 313 g/mol. The number of benzene rings is 1. The Bertz CT molecular complexity index is 911. The van der Waals surface area contributed by atoms with Crippen LogP contribution in [0.2, 0.25) is 0 Å². The van der Waals surface area contributed by atoms with Crippen LogP contribution in [0.3, 0.4) is 0 Å². The molecule has 3 N–H and O–H groups in total. The minimum atomic E-state index is -0.248. The normalized spacial score (nSPS) is 10.8. The predicted molar refractivity (Wildman–Crippen MR) is 83.4 cm³/mol. The Morgan fingerprint density at radius 2 is 2.09 bits per heavy atom. The van der Waals surface area contributed by atoms with Crippen LogP contribution in [0.4, 0.5) is 5.69 Å². The second-order valence-electron chi connectivity index (χ2n) is 5.10. The number of carbonyl (C=O) groups excluding carboxylic acids is 1. The van der Waals surface area contributed by atoms with E-state index < -0.39 is 0 Å². The summed E-state index contributed by atoms with van der Waals surface area (Å²) in [5.41, 5.74) is 1.39. The molecule has 1 amide bonds. The summed E-state index contributed by atoms with van der Waals surface area (Å²) in [6.07, 6.45) is 1.83. The first-order chi connectivity index (χ1) is 11.0. The third-order valence-electron chi connectivity index (χ3n) is 3.49. The minimum Gasteiger partial charge on any atom is -0.508 e. The van der Waals surface area contributed by atoms with E-state index in [1.54, 1.807) is 19.1 Å². The lowest BCUT2D eigenvalue weighted by atomic mass is 10.1. The lowest BCUT2D eigenvalue weighted by molar-refractivity contribution is -0.116. The number of amides is 1. The number of aromatic hydroxyl groups is 1. The zero-order valence-electron chi connectivity index (χ0n) is 12.4. The van der Waals surface area contributed by atoms with Gasteiger partial charge in [0, 0.05) is 17.7 Å². The molecule has 23 heavy (non-hydrogen) atoms. The van der Waals surface area contributed by atoms with E-state index in [-0.39, 0.29) is 30.1 Å². The zero-order valence-corrected chi connectivity index (χ0v) is 12.4. The summed E-state index contributed by atoms with van der Waals surface area (Å²) < 4.78 is 1.25. The van der Waals surface area contributed by atoms with Crippen LogP contribution in [0.5, 0.6) is 5.75 Å². The summed E-state index contributed by atoms with van der Waals surface area (Å²) >= 11 is 0. The van der Waals surface area contributed by atoms with Crippen molar-refractivity contribution in [2.24, 2.45) is 0 Å². The van der Waals surface area contributed by atoms with E-state index in [1.807, 2.05) is 0 Å². The Kier molecular flexibility index (Phi) is 3.80. The SMILES string of the molecule is Cc1nc2nc[nH]n2c(=O)c1CCC(=O)Nc1ccc(O)cc1. The lowest BCUT2D eigenvalue weighted by Gasteiger charge is -2.07. The predicted octanol–water partition coefficient (Wildman–Crippen LogP) is 1.00. The molecule has 0 bridgehead atoms. The van der Waals surface area contributed by atoms with Crippen molar-refractivity contribution in [3.05, 3.63) is 52.2 Å². The number of hydrogen-bond acceptors (Lipinski definition) is 5. The fourth-order valence-electron chi connectivity index (χ4n) is 2.29. The molecule has 0 radical (unpaired) electrons. The van der Waals surface area contributed by atoms with Crippen molar-refractivity contribution in [3.63, 3.8) is 0 Å². The Hall–Kier alpha value is -3.16. The Balaban J connectivity index is 1.71. The first-order valence-corrected chi connectivity index (χ1v) is 7.05. The molecule has 0 atom stereocenters. The maximum atomic E-state index is 12.3. The minimum absolute atomic E-state index is 0.130. The van der Waals surface area contributed by atoms with Crippen molar-refractivity contribution < 1.29 is 9.90 Å². The molecule has 0 aliphatic heterocycles. The molecule has 1 aromatic carbocycles. The number of aromatic nitrogens is 4. The van der Waals surface area contributed by atoms with E-state index in [0.29, 0.717) is 22.7 Å². The van der Waals surface area contributed by atoms with Gasteiger partial charge >= 0.3 is 0 Å². The number of phenolic OH excluding ortho intramolecular Hbond substituents is 1. The number of carbonyl (C=O) groups is 1. The number of anilines is 1. The van der Waals surface area contributed by atoms with Crippen molar-refractivity contribution in [1.29, 1.82) is 0 Å². The molecule has 2 aromatic heterocycles. The standard InChI is InChI=1S/C15H15N5O3/c1-9-12(14(23)20-15(18-9)16-8-17-20)6-7-13(22)19-10-2-4-11(21)5-3-10/h2-5,8,21H,6-7H2,1H3,(H,19,22)(H,16,17,18). The first-order valence-electron chi connectivity index (χ1n) is 7.05. The Morgan fingerprint density at radius 1 is 1.35 bits per heavy atom. The number of rotatable bonds is 4. The number of H-pyrrole nitrogens is 1. The van der Waals surface area contributed by atoms with E-state index in [1.165, 1.54) is 23.0 Å². The Morgan fingerprint density at radius 3 is 2.83 bits per heavy atom. The van der Waals surface area contributed by atoms with E-state index >= 15 is 0 Å². The first kappa shape index (κ1) is 14.8. The fraction of sp³-hybridized carbons (Fsp3) is 0.200. The number of phenols is 1. The summed E-state index contributed by atoms with van der Waals surface area (Å²) in [4.78, 5) is 32.5. The molecule has 0 saturated carbocycles. The second kappa shape index (κ2) is 5.91. The third-order valence-corrected chi connectivity index (χ3v) is 3.49. The van der Waals surface area contributed by atoms with Gasteiger partial charge in [0.25, 0.3) is 11.3 Å². The van der Waals surface area contributed by atoms with Crippen LogP contribution in [0.1, 0.15) is 17.7 Å². The van der Waals surface area contributed by atoms with Gasteiger partial charge in [0.1, 0.15) is 12.1 Å². The van der Waals surface area contributed by atoms with Crippen molar-refractivity contribution in [2.45, 2.75) is 19.8 Å². The van der Waals surface area contributed by atoms with Crippen LogP contribution in [0.25, 0.3) is 5.78 Å². The van der Waals surface area contributed by atoms with Crippen LogP contribution >= 0.6 is 0 Å². The number of nitrogens with zero attached hydrogens (tertiary/aromatic N) is 3. The summed E-state index contributed by atoms with van der Waals surface area (Å²) in [5.74, 6) is 0.222. The molecule has 8 nitrogen and oxygen atoms in total. The van der Waals surface area contributed by atoms with Gasteiger partial charge in [0.05, 0.1) is 5.69 Å². The zero-order chi connectivity index (χ0) is 16.4. The molecule has 8 heteroatoms. The van der Waals surface area contributed by atoms with Gasteiger partial charge in [-0.3, -0.25) is 14.7 Å². The van der Waals surface area contributed by atoms with Crippen LogP contribution in [0, 0.1) is 6.92 Å². The maximum Gasteiger partial charge on any atom is 0.277 e. The van der Waals surface area contributed by atoms with E-state index in [2.05, 4.69) is 20.4 Å². The van der Waals surface area contributed by atoms with Crippen molar-refractivity contribution in [2.75, 3.05) is 5.32 Å². The van der Waals surface area contributed by atoms with Crippen molar-refractivity contribution in [3.8, 4) is 5.75 Å². The fourth-order valence-corrected chi connectivity index (χ4v) is 2.29. The molecule has 3 rings (SSSR count). The van der Waals surface area contributed by atoms with E-state index in [0.717, 1.165) is 0 Å². The highest BCUT2D eigenvalue weighted by atomic mass is 16.3. The topological polar surface area (TPSA) is 112 Å². The third kappa shape index (κ3) is 3.05. The average Bonchev–Trinajstić information content (AvgIpc) is 2.98. The van der Waals surface area contributed by atoms with Gasteiger partial charge < -0.3 is 10.4 Å². The number of aromatic amines is 1.